The number of fused-ring (bicyclic) bond motifs is 1. The molecule has 0 aliphatic carbocycles. The van der Waals surface area contributed by atoms with E-state index in [2.05, 4.69) is 16.0 Å². The molecule has 38 heavy (non-hydrogen) atoms. The predicted molar refractivity (Wildman–Crippen MR) is 150 cm³/mol. The van der Waals surface area contributed by atoms with Crippen LogP contribution in [0.2, 0.25) is 0 Å². The van der Waals surface area contributed by atoms with Crippen molar-refractivity contribution in [1.29, 1.82) is 0 Å². The SMILES string of the molecule is CCCCN1C(=O)N[C@@H](c2cccc(NC(=O)Nc3cccc4ccccc34)c2)C(C(=O)OC(C)C)=C1C. The number of nitrogens with one attached hydrogen (secondary N) is 3. The maximum atomic E-state index is 13.2. The predicted octanol–water partition coefficient (Wildman–Crippen LogP) is 6.58. The van der Waals surface area contributed by atoms with Crippen molar-refractivity contribution >= 4 is 40.2 Å². The number of esters is 1. The van der Waals surface area contributed by atoms with Crippen molar-refractivity contribution in [2.75, 3.05) is 17.2 Å². The fraction of sp³-hybridized carbons (Fsp3) is 0.300. The summed E-state index contributed by atoms with van der Waals surface area (Å²) in [6.07, 6.45) is 1.42. The number of amides is 4. The number of rotatable bonds is 8. The maximum Gasteiger partial charge on any atom is 0.338 e. The second-order valence-electron chi connectivity index (χ2n) is 9.57. The Morgan fingerprint density at radius 1 is 1.03 bits per heavy atom. The van der Waals surface area contributed by atoms with E-state index in [-0.39, 0.29) is 12.1 Å². The van der Waals surface area contributed by atoms with Crippen LogP contribution in [0.4, 0.5) is 21.0 Å². The molecule has 0 aromatic heterocycles. The molecule has 4 rings (SSSR count). The Labute approximate surface area is 223 Å². The molecule has 3 N–H and O–H groups in total. The van der Waals surface area contributed by atoms with Crippen molar-refractivity contribution < 1.29 is 19.1 Å². The van der Waals surface area contributed by atoms with Crippen LogP contribution in [0, 0.1) is 0 Å². The first kappa shape index (κ1) is 26.7. The Morgan fingerprint density at radius 2 is 1.76 bits per heavy atom. The summed E-state index contributed by atoms with van der Waals surface area (Å²) in [7, 11) is 0. The summed E-state index contributed by atoms with van der Waals surface area (Å²) in [6, 6.07) is 19.3. The highest BCUT2D eigenvalue weighted by Gasteiger charge is 2.36. The van der Waals surface area contributed by atoms with Crippen LogP contribution >= 0.6 is 0 Å². The Kier molecular flexibility index (Phi) is 8.31. The Balaban J connectivity index is 1.59. The summed E-state index contributed by atoms with van der Waals surface area (Å²) in [5, 5.41) is 10.7. The number of hydrogen-bond acceptors (Lipinski definition) is 4. The lowest BCUT2D eigenvalue weighted by Crippen LogP contribution is -2.48. The van der Waals surface area contributed by atoms with Gasteiger partial charge in [-0.25, -0.2) is 14.4 Å². The Bertz CT molecular complexity index is 1380. The number of ether oxygens (including phenoxy) is 1. The number of hydrogen-bond donors (Lipinski definition) is 3. The van der Waals surface area contributed by atoms with Crippen molar-refractivity contribution in [2.24, 2.45) is 0 Å². The second kappa shape index (κ2) is 11.8. The van der Waals surface area contributed by atoms with Gasteiger partial charge in [-0.3, -0.25) is 4.90 Å². The lowest BCUT2D eigenvalue weighted by Gasteiger charge is -2.35. The number of unbranched alkanes of at least 4 members (excludes halogenated alkanes) is 1. The Hall–Kier alpha value is -4.33. The molecule has 0 bridgehead atoms. The molecular weight excluding hydrogens is 480 g/mol. The van der Waals surface area contributed by atoms with Crippen molar-refractivity contribution in [3.05, 3.63) is 83.6 Å². The first-order valence-corrected chi connectivity index (χ1v) is 12.9. The normalized spacial score (nSPS) is 15.4. The van der Waals surface area contributed by atoms with E-state index in [1.807, 2.05) is 55.5 Å². The lowest BCUT2D eigenvalue weighted by molar-refractivity contribution is -0.143. The zero-order chi connectivity index (χ0) is 27.2. The number of anilines is 2. The number of carbonyl (C=O) groups excluding carboxylic acids is 3. The highest BCUT2D eigenvalue weighted by molar-refractivity contribution is 6.06. The third kappa shape index (κ3) is 5.96. The fourth-order valence-corrected chi connectivity index (χ4v) is 4.57. The van der Waals surface area contributed by atoms with Crippen LogP contribution in [0.25, 0.3) is 10.8 Å². The minimum absolute atomic E-state index is 0.269. The van der Waals surface area contributed by atoms with Gasteiger partial charge < -0.3 is 20.7 Å². The first-order valence-electron chi connectivity index (χ1n) is 12.9. The van der Waals surface area contributed by atoms with Gasteiger partial charge in [0.05, 0.1) is 23.4 Å². The molecule has 198 valence electrons. The molecule has 0 unspecified atom stereocenters. The minimum Gasteiger partial charge on any atom is -0.459 e. The zero-order valence-electron chi connectivity index (χ0n) is 22.2. The summed E-state index contributed by atoms with van der Waals surface area (Å²) in [6.45, 7) is 7.91. The summed E-state index contributed by atoms with van der Waals surface area (Å²) < 4.78 is 5.54. The van der Waals surface area contributed by atoms with E-state index < -0.39 is 18.0 Å². The molecule has 4 amide bonds. The van der Waals surface area contributed by atoms with E-state index in [1.54, 1.807) is 43.9 Å². The van der Waals surface area contributed by atoms with Crippen molar-refractivity contribution in [3.8, 4) is 0 Å². The molecule has 8 nitrogen and oxygen atoms in total. The van der Waals surface area contributed by atoms with Gasteiger partial charge in [-0.2, -0.15) is 0 Å². The van der Waals surface area contributed by atoms with Gasteiger partial charge in [0, 0.05) is 23.3 Å². The number of allylic oxidation sites excluding steroid dienone is 1. The van der Waals surface area contributed by atoms with Gasteiger partial charge in [0.15, 0.2) is 0 Å². The monoisotopic (exact) mass is 514 g/mol. The van der Waals surface area contributed by atoms with E-state index in [1.165, 1.54) is 0 Å². The molecule has 0 saturated carbocycles. The molecule has 1 aliphatic heterocycles. The average molecular weight is 515 g/mol. The van der Waals surface area contributed by atoms with E-state index in [9.17, 15) is 14.4 Å². The molecule has 8 heteroatoms. The van der Waals surface area contributed by atoms with Crippen LogP contribution in [-0.4, -0.2) is 35.6 Å². The largest absolute Gasteiger partial charge is 0.459 e. The van der Waals surface area contributed by atoms with E-state index in [4.69, 9.17) is 4.74 Å². The molecule has 1 heterocycles. The molecule has 0 radical (unpaired) electrons. The number of urea groups is 2. The van der Waals surface area contributed by atoms with Crippen LogP contribution in [0.1, 0.15) is 52.1 Å². The number of nitrogens with zero attached hydrogens (tertiary/aromatic N) is 1. The topological polar surface area (TPSA) is 99.8 Å². The van der Waals surface area contributed by atoms with Gasteiger partial charge in [0.1, 0.15) is 0 Å². The summed E-state index contributed by atoms with van der Waals surface area (Å²) in [5.41, 5.74) is 2.83. The molecule has 1 atom stereocenters. The quantitative estimate of drug-likeness (QED) is 0.296. The third-order valence-corrected chi connectivity index (χ3v) is 6.41. The van der Waals surface area contributed by atoms with Crippen LogP contribution in [-0.2, 0) is 9.53 Å². The molecular formula is C30H34N4O4. The first-order chi connectivity index (χ1) is 18.3. The summed E-state index contributed by atoms with van der Waals surface area (Å²) in [5.74, 6) is -0.476. The maximum absolute atomic E-state index is 13.2. The smallest absolute Gasteiger partial charge is 0.338 e. The summed E-state index contributed by atoms with van der Waals surface area (Å²) >= 11 is 0. The molecule has 3 aromatic rings. The highest BCUT2D eigenvalue weighted by Crippen LogP contribution is 2.33. The highest BCUT2D eigenvalue weighted by atomic mass is 16.5. The molecule has 0 saturated heterocycles. The molecule has 3 aromatic carbocycles. The number of carbonyl (C=O) groups is 3. The minimum atomic E-state index is -0.713. The van der Waals surface area contributed by atoms with Gasteiger partial charge in [0.2, 0.25) is 0 Å². The van der Waals surface area contributed by atoms with Gasteiger partial charge in [-0.1, -0.05) is 61.9 Å². The molecule has 0 spiro atoms. The van der Waals surface area contributed by atoms with Crippen LogP contribution in [0.3, 0.4) is 0 Å². The van der Waals surface area contributed by atoms with E-state index in [0.29, 0.717) is 34.8 Å². The van der Waals surface area contributed by atoms with Crippen LogP contribution < -0.4 is 16.0 Å². The average Bonchev–Trinajstić information content (AvgIpc) is 2.88. The second-order valence-corrected chi connectivity index (χ2v) is 9.57. The fourth-order valence-electron chi connectivity index (χ4n) is 4.57. The van der Waals surface area contributed by atoms with Gasteiger partial charge in [-0.05, 0) is 56.3 Å². The van der Waals surface area contributed by atoms with Crippen LogP contribution in [0.15, 0.2) is 78.0 Å². The zero-order valence-corrected chi connectivity index (χ0v) is 22.2. The summed E-state index contributed by atoms with van der Waals surface area (Å²) in [4.78, 5) is 40.6. The third-order valence-electron chi connectivity index (χ3n) is 6.41. The molecule has 1 aliphatic rings. The van der Waals surface area contributed by atoms with Gasteiger partial charge in [-0.15, -0.1) is 0 Å². The van der Waals surface area contributed by atoms with Crippen molar-refractivity contribution in [2.45, 2.75) is 52.7 Å². The van der Waals surface area contributed by atoms with Crippen LogP contribution in [0.5, 0.6) is 0 Å². The number of benzene rings is 3. The lowest BCUT2D eigenvalue weighted by atomic mass is 9.94. The van der Waals surface area contributed by atoms with Gasteiger partial charge in [0.25, 0.3) is 0 Å². The standard InChI is InChI=1S/C30H34N4O4/c1-5-6-17-34-20(4)26(28(35)38-19(2)3)27(33-30(34)37)22-13-9-14-23(18-22)31-29(36)32-25-16-10-12-21-11-7-8-15-24(21)25/h7-16,18-19,27H,5-6,17H2,1-4H3,(H,33,37)(H2,31,32,36)/t27-/m0/s1. The van der Waals surface area contributed by atoms with Crippen molar-refractivity contribution in [3.63, 3.8) is 0 Å². The van der Waals surface area contributed by atoms with E-state index in [0.717, 1.165) is 23.6 Å². The Morgan fingerprint density at radius 3 is 2.53 bits per heavy atom. The van der Waals surface area contributed by atoms with E-state index >= 15 is 0 Å². The van der Waals surface area contributed by atoms with Gasteiger partial charge >= 0.3 is 18.0 Å². The van der Waals surface area contributed by atoms with Crippen molar-refractivity contribution in [1.82, 2.24) is 10.2 Å². The molecule has 0 fully saturated rings.